The molecule has 0 aliphatic rings. The summed E-state index contributed by atoms with van der Waals surface area (Å²) < 4.78 is 0. The number of amides is 1. The topological polar surface area (TPSA) is 83.8 Å². The first-order valence-electron chi connectivity index (χ1n) is 5.67. The number of benzene rings is 1. The van der Waals surface area contributed by atoms with Gasteiger partial charge in [-0.3, -0.25) is 9.89 Å². The van der Waals surface area contributed by atoms with Crippen molar-refractivity contribution in [2.24, 2.45) is 5.73 Å². The van der Waals surface area contributed by atoms with Gasteiger partial charge in [0.25, 0.3) is 0 Å². The number of anilines is 1. The summed E-state index contributed by atoms with van der Waals surface area (Å²) in [5, 5.41) is 9.56. The van der Waals surface area contributed by atoms with Gasteiger partial charge in [0.15, 0.2) is 0 Å². The van der Waals surface area contributed by atoms with E-state index in [4.69, 9.17) is 5.73 Å². The molecule has 2 rings (SSSR count). The second-order valence-electron chi connectivity index (χ2n) is 4.73. The number of carbonyl (C=O) groups is 1. The van der Waals surface area contributed by atoms with Crippen LogP contribution >= 0.6 is 0 Å². The van der Waals surface area contributed by atoms with Gasteiger partial charge in [0.05, 0.1) is 11.2 Å². The first kappa shape index (κ1) is 12.3. The smallest absolute Gasteiger partial charge is 0.243 e. The van der Waals surface area contributed by atoms with Crippen LogP contribution in [-0.2, 0) is 4.79 Å². The van der Waals surface area contributed by atoms with Crippen LogP contribution in [-0.4, -0.2) is 21.6 Å². The van der Waals surface area contributed by atoms with E-state index in [-0.39, 0.29) is 5.91 Å². The third-order valence-corrected chi connectivity index (χ3v) is 2.52. The first-order valence-corrected chi connectivity index (χ1v) is 5.67. The zero-order valence-electron chi connectivity index (χ0n) is 10.4. The van der Waals surface area contributed by atoms with Gasteiger partial charge in [0.2, 0.25) is 5.91 Å². The molecule has 1 heterocycles. The van der Waals surface area contributed by atoms with Crippen LogP contribution in [0.2, 0.25) is 0 Å². The van der Waals surface area contributed by atoms with Gasteiger partial charge in [-0.15, -0.1) is 0 Å². The minimum absolute atomic E-state index is 0.218. The summed E-state index contributed by atoms with van der Waals surface area (Å²) in [7, 11) is 0. The number of nitrogens with two attached hydrogens (primary N) is 1. The SMILES string of the molecule is CC(C)(N)C(=O)Nc1cccc(-c2ccn[nH]2)c1. The fraction of sp³-hybridized carbons (Fsp3) is 0.231. The minimum Gasteiger partial charge on any atom is -0.324 e. The van der Waals surface area contributed by atoms with Crippen molar-refractivity contribution in [3.8, 4) is 11.3 Å². The maximum absolute atomic E-state index is 11.8. The molecule has 1 amide bonds. The van der Waals surface area contributed by atoms with Gasteiger partial charge >= 0.3 is 0 Å². The summed E-state index contributed by atoms with van der Waals surface area (Å²) in [5.74, 6) is -0.218. The number of nitrogens with one attached hydrogen (secondary N) is 2. The fourth-order valence-electron chi connectivity index (χ4n) is 1.47. The lowest BCUT2D eigenvalue weighted by Gasteiger charge is -2.18. The maximum atomic E-state index is 11.8. The van der Waals surface area contributed by atoms with Crippen LogP contribution in [0.1, 0.15) is 13.8 Å². The number of aromatic amines is 1. The van der Waals surface area contributed by atoms with Crippen LogP contribution in [0.3, 0.4) is 0 Å². The van der Waals surface area contributed by atoms with Crippen molar-refractivity contribution >= 4 is 11.6 Å². The van der Waals surface area contributed by atoms with Crippen LogP contribution in [0.15, 0.2) is 36.5 Å². The predicted molar refractivity (Wildman–Crippen MR) is 70.9 cm³/mol. The lowest BCUT2D eigenvalue weighted by Crippen LogP contribution is -2.45. The third-order valence-electron chi connectivity index (χ3n) is 2.52. The van der Waals surface area contributed by atoms with E-state index in [0.717, 1.165) is 11.3 Å². The molecule has 0 bridgehead atoms. The molecular formula is C13H16N4O. The van der Waals surface area contributed by atoms with Crippen molar-refractivity contribution in [1.29, 1.82) is 0 Å². The van der Waals surface area contributed by atoms with Crippen LogP contribution in [0, 0.1) is 0 Å². The number of rotatable bonds is 3. The van der Waals surface area contributed by atoms with Crippen molar-refractivity contribution in [3.63, 3.8) is 0 Å². The lowest BCUT2D eigenvalue weighted by molar-refractivity contribution is -0.120. The molecular weight excluding hydrogens is 228 g/mol. The number of hydrogen-bond donors (Lipinski definition) is 3. The third kappa shape index (κ3) is 2.75. The van der Waals surface area contributed by atoms with Crippen molar-refractivity contribution in [1.82, 2.24) is 10.2 Å². The van der Waals surface area contributed by atoms with Gasteiger partial charge in [0, 0.05) is 17.4 Å². The van der Waals surface area contributed by atoms with E-state index in [1.807, 2.05) is 30.3 Å². The van der Waals surface area contributed by atoms with Crippen molar-refractivity contribution < 1.29 is 4.79 Å². The van der Waals surface area contributed by atoms with Gasteiger partial charge in [-0.1, -0.05) is 12.1 Å². The molecule has 1 aromatic carbocycles. The highest BCUT2D eigenvalue weighted by Crippen LogP contribution is 2.20. The normalized spacial score (nSPS) is 11.3. The number of nitrogens with zero attached hydrogens (tertiary/aromatic N) is 1. The molecule has 5 heteroatoms. The second-order valence-corrected chi connectivity index (χ2v) is 4.73. The van der Waals surface area contributed by atoms with E-state index >= 15 is 0 Å². The van der Waals surface area contributed by atoms with Crippen LogP contribution in [0.4, 0.5) is 5.69 Å². The Morgan fingerprint density at radius 3 is 2.78 bits per heavy atom. The van der Waals surface area contributed by atoms with E-state index in [1.54, 1.807) is 20.0 Å². The predicted octanol–water partition coefficient (Wildman–Crippen LogP) is 1.75. The molecule has 0 atom stereocenters. The molecule has 0 saturated heterocycles. The average molecular weight is 244 g/mol. The fourth-order valence-corrected chi connectivity index (χ4v) is 1.47. The van der Waals surface area contributed by atoms with Gasteiger partial charge in [-0.2, -0.15) is 5.10 Å². The molecule has 0 aliphatic heterocycles. The summed E-state index contributed by atoms with van der Waals surface area (Å²) >= 11 is 0. The van der Waals surface area contributed by atoms with E-state index < -0.39 is 5.54 Å². The van der Waals surface area contributed by atoms with Crippen LogP contribution in [0.25, 0.3) is 11.3 Å². The largest absolute Gasteiger partial charge is 0.324 e. The molecule has 0 radical (unpaired) electrons. The van der Waals surface area contributed by atoms with Crippen molar-refractivity contribution in [2.75, 3.05) is 5.32 Å². The zero-order valence-corrected chi connectivity index (χ0v) is 10.4. The first-order chi connectivity index (χ1) is 8.47. The highest BCUT2D eigenvalue weighted by atomic mass is 16.2. The number of aromatic nitrogens is 2. The molecule has 0 fully saturated rings. The molecule has 0 saturated carbocycles. The molecule has 0 aliphatic carbocycles. The Morgan fingerprint density at radius 1 is 1.39 bits per heavy atom. The summed E-state index contributed by atoms with van der Waals surface area (Å²) in [5.41, 5.74) is 7.41. The Bertz CT molecular complexity index is 540. The highest BCUT2D eigenvalue weighted by Gasteiger charge is 2.21. The van der Waals surface area contributed by atoms with Gasteiger partial charge in [0.1, 0.15) is 0 Å². The molecule has 0 spiro atoms. The Balaban J connectivity index is 2.21. The quantitative estimate of drug-likeness (QED) is 0.769. The monoisotopic (exact) mass is 244 g/mol. The van der Waals surface area contributed by atoms with E-state index in [1.165, 1.54) is 0 Å². The Labute approximate surface area is 105 Å². The number of carbonyl (C=O) groups excluding carboxylic acids is 1. The summed E-state index contributed by atoms with van der Waals surface area (Å²) in [6, 6.07) is 9.38. The Kier molecular flexibility index (Phi) is 3.16. The summed E-state index contributed by atoms with van der Waals surface area (Å²) in [6.07, 6.45) is 1.68. The van der Waals surface area contributed by atoms with Crippen molar-refractivity contribution in [3.05, 3.63) is 36.5 Å². The highest BCUT2D eigenvalue weighted by molar-refractivity contribution is 5.97. The van der Waals surface area contributed by atoms with Crippen LogP contribution < -0.4 is 11.1 Å². The Hall–Kier alpha value is -2.14. The van der Waals surface area contributed by atoms with Crippen molar-refractivity contribution in [2.45, 2.75) is 19.4 Å². The number of H-pyrrole nitrogens is 1. The molecule has 94 valence electrons. The average Bonchev–Trinajstić information content (AvgIpc) is 2.81. The molecule has 0 unspecified atom stereocenters. The van der Waals surface area contributed by atoms with Gasteiger partial charge < -0.3 is 11.1 Å². The zero-order chi connectivity index (χ0) is 13.2. The maximum Gasteiger partial charge on any atom is 0.243 e. The van der Waals surface area contributed by atoms with E-state index in [0.29, 0.717) is 5.69 Å². The van der Waals surface area contributed by atoms with E-state index in [9.17, 15) is 4.79 Å². The lowest BCUT2D eigenvalue weighted by atomic mass is 10.1. The summed E-state index contributed by atoms with van der Waals surface area (Å²) in [4.78, 5) is 11.8. The molecule has 5 nitrogen and oxygen atoms in total. The van der Waals surface area contributed by atoms with E-state index in [2.05, 4.69) is 15.5 Å². The molecule has 2 aromatic rings. The number of hydrogen-bond acceptors (Lipinski definition) is 3. The van der Waals surface area contributed by atoms with Gasteiger partial charge in [-0.05, 0) is 32.0 Å². The Morgan fingerprint density at radius 2 is 2.17 bits per heavy atom. The standard InChI is InChI=1S/C13H16N4O/c1-13(2,14)12(18)16-10-5-3-4-9(8-10)11-6-7-15-17-11/h3-8H,14H2,1-2H3,(H,15,17)(H,16,18). The van der Waals surface area contributed by atoms with Crippen LogP contribution in [0.5, 0.6) is 0 Å². The van der Waals surface area contributed by atoms with Gasteiger partial charge in [-0.25, -0.2) is 0 Å². The molecule has 4 N–H and O–H groups in total. The summed E-state index contributed by atoms with van der Waals surface area (Å²) in [6.45, 7) is 3.34. The minimum atomic E-state index is -0.899. The molecule has 1 aromatic heterocycles. The second kappa shape index (κ2) is 4.62. The molecule has 18 heavy (non-hydrogen) atoms.